The maximum atomic E-state index is 13.2. The van der Waals surface area contributed by atoms with Gasteiger partial charge in [0.2, 0.25) is 0 Å². The number of aryl methyl sites for hydroxylation is 1. The highest BCUT2D eigenvalue weighted by molar-refractivity contribution is 7.89. The molecule has 2 saturated heterocycles. The Morgan fingerprint density at radius 2 is 1.70 bits per heavy atom. The standard InChI is InChI=1S/C21H32N6O2S/c1-14(2)20-24-19(12-25(20)6)30(28,29)27-10-15-8-26(9-16(15)11-27)18-7-17(21(3,4)5)22-13-23-18/h7,12-16H,8-11H2,1-6H3. The van der Waals surface area contributed by atoms with E-state index in [-0.39, 0.29) is 16.4 Å². The third-order valence-electron chi connectivity index (χ3n) is 6.21. The Morgan fingerprint density at radius 1 is 1.07 bits per heavy atom. The molecule has 2 atom stereocenters. The molecule has 0 spiro atoms. The summed E-state index contributed by atoms with van der Waals surface area (Å²) in [6.07, 6.45) is 3.27. The molecule has 2 unspecified atom stereocenters. The van der Waals surface area contributed by atoms with Crippen molar-refractivity contribution in [2.75, 3.05) is 31.1 Å². The van der Waals surface area contributed by atoms with Gasteiger partial charge in [0.1, 0.15) is 18.0 Å². The van der Waals surface area contributed by atoms with E-state index in [2.05, 4.69) is 46.7 Å². The highest BCUT2D eigenvalue weighted by Gasteiger charge is 2.45. The summed E-state index contributed by atoms with van der Waals surface area (Å²) in [5.74, 6) is 2.51. The number of rotatable bonds is 4. The molecule has 164 valence electrons. The molecule has 0 N–H and O–H groups in total. The quantitative estimate of drug-likeness (QED) is 0.738. The second-order valence-electron chi connectivity index (χ2n) is 9.96. The molecule has 2 aliphatic heterocycles. The zero-order chi connectivity index (χ0) is 21.8. The van der Waals surface area contributed by atoms with Crippen molar-refractivity contribution in [3.63, 3.8) is 0 Å². The molecule has 9 heteroatoms. The lowest BCUT2D eigenvalue weighted by molar-refractivity contribution is 0.450. The Balaban J connectivity index is 1.48. The molecule has 0 aromatic carbocycles. The van der Waals surface area contributed by atoms with Gasteiger partial charge in [0.25, 0.3) is 10.0 Å². The number of hydrogen-bond acceptors (Lipinski definition) is 6. The van der Waals surface area contributed by atoms with Crippen LogP contribution in [0, 0.1) is 11.8 Å². The van der Waals surface area contributed by atoms with E-state index < -0.39 is 10.0 Å². The largest absolute Gasteiger partial charge is 0.356 e. The van der Waals surface area contributed by atoms with Crippen LogP contribution in [0.5, 0.6) is 0 Å². The van der Waals surface area contributed by atoms with Crippen LogP contribution < -0.4 is 4.90 Å². The van der Waals surface area contributed by atoms with Gasteiger partial charge in [0.05, 0.1) is 5.69 Å². The fourth-order valence-electron chi connectivity index (χ4n) is 4.51. The normalized spacial score (nSPS) is 22.8. The number of imidazole rings is 1. The fourth-order valence-corrected chi connectivity index (χ4v) is 6.05. The van der Waals surface area contributed by atoms with Crippen LogP contribution in [0.1, 0.15) is 52.1 Å². The average Bonchev–Trinajstić information content (AvgIpc) is 3.33. The predicted molar refractivity (Wildman–Crippen MR) is 116 cm³/mol. The van der Waals surface area contributed by atoms with Gasteiger partial charge in [0, 0.05) is 56.8 Å². The van der Waals surface area contributed by atoms with E-state index in [1.807, 2.05) is 25.5 Å². The van der Waals surface area contributed by atoms with Gasteiger partial charge < -0.3 is 9.47 Å². The second-order valence-corrected chi connectivity index (χ2v) is 11.8. The lowest BCUT2D eigenvalue weighted by Crippen LogP contribution is -2.34. The van der Waals surface area contributed by atoms with Gasteiger partial charge in [-0.2, -0.15) is 4.31 Å². The molecule has 8 nitrogen and oxygen atoms in total. The topological polar surface area (TPSA) is 84.2 Å². The number of nitrogens with zero attached hydrogens (tertiary/aromatic N) is 6. The summed E-state index contributed by atoms with van der Waals surface area (Å²) >= 11 is 0. The molecule has 4 heterocycles. The molecule has 0 amide bonds. The average molecular weight is 433 g/mol. The summed E-state index contributed by atoms with van der Waals surface area (Å²) in [4.78, 5) is 15.6. The van der Waals surface area contributed by atoms with E-state index in [9.17, 15) is 8.42 Å². The number of anilines is 1. The monoisotopic (exact) mass is 432 g/mol. The summed E-state index contributed by atoms with van der Waals surface area (Å²) in [5.41, 5.74) is 0.986. The number of aromatic nitrogens is 4. The second kappa shape index (κ2) is 7.30. The van der Waals surface area contributed by atoms with Crippen LogP contribution >= 0.6 is 0 Å². The van der Waals surface area contributed by atoms with Crippen LogP contribution in [-0.4, -0.2) is 58.4 Å². The first-order valence-corrected chi connectivity index (χ1v) is 12.0. The first-order chi connectivity index (χ1) is 14.0. The van der Waals surface area contributed by atoms with Crippen molar-refractivity contribution in [3.05, 3.63) is 30.1 Å². The smallest absolute Gasteiger partial charge is 0.262 e. The molecule has 0 aliphatic carbocycles. The third kappa shape index (κ3) is 3.73. The van der Waals surface area contributed by atoms with Crippen molar-refractivity contribution in [1.29, 1.82) is 0 Å². The van der Waals surface area contributed by atoms with Crippen molar-refractivity contribution in [1.82, 2.24) is 23.8 Å². The molecule has 4 rings (SSSR count). The highest BCUT2D eigenvalue weighted by atomic mass is 32.2. The molecule has 0 bridgehead atoms. The Morgan fingerprint density at radius 3 is 2.23 bits per heavy atom. The maximum absolute atomic E-state index is 13.2. The molecular weight excluding hydrogens is 400 g/mol. The van der Waals surface area contributed by atoms with Crippen LogP contribution in [-0.2, 0) is 22.5 Å². The first-order valence-electron chi connectivity index (χ1n) is 10.6. The zero-order valence-electron chi connectivity index (χ0n) is 18.7. The fraction of sp³-hybridized carbons (Fsp3) is 0.667. The van der Waals surface area contributed by atoms with Gasteiger partial charge in [0.15, 0.2) is 5.03 Å². The van der Waals surface area contributed by atoms with E-state index in [0.717, 1.165) is 30.4 Å². The van der Waals surface area contributed by atoms with E-state index >= 15 is 0 Å². The van der Waals surface area contributed by atoms with Gasteiger partial charge in [-0.15, -0.1) is 0 Å². The van der Waals surface area contributed by atoms with Crippen LogP contribution in [0.3, 0.4) is 0 Å². The van der Waals surface area contributed by atoms with Gasteiger partial charge in [-0.3, -0.25) is 0 Å². The van der Waals surface area contributed by atoms with Gasteiger partial charge in [-0.25, -0.2) is 23.4 Å². The lowest BCUT2D eigenvalue weighted by atomic mass is 9.92. The van der Waals surface area contributed by atoms with Crippen molar-refractivity contribution >= 4 is 15.8 Å². The molecule has 2 aliphatic rings. The third-order valence-corrected chi connectivity index (χ3v) is 7.91. The molecule has 2 aromatic rings. The Labute approximate surface area is 179 Å². The zero-order valence-corrected chi connectivity index (χ0v) is 19.5. The number of hydrogen-bond donors (Lipinski definition) is 0. The van der Waals surface area contributed by atoms with Crippen LogP contribution in [0.25, 0.3) is 0 Å². The Hall–Kier alpha value is -2.00. The minimum absolute atomic E-state index is 0.0321. The molecular formula is C21H32N6O2S. The summed E-state index contributed by atoms with van der Waals surface area (Å²) in [6, 6.07) is 2.07. The predicted octanol–water partition coefficient (Wildman–Crippen LogP) is 2.39. The first kappa shape index (κ1) is 21.2. The van der Waals surface area contributed by atoms with Gasteiger partial charge in [-0.1, -0.05) is 34.6 Å². The van der Waals surface area contributed by atoms with E-state index in [0.29, 0.717) is 24.9 Å². The van der Waals surface area contributed by atoms with Gasteiger partial charge >= 0.3 is 0 Å². The van der Waals surface area contributed by atoms with Crippen LogP contribution in [0.2, 0.25) is 0 Å². The molecule has 2 fully saturated rings. The molecule has 0 radical (unpaired) electrons. The van der Waals surface area contributed by atoms with Crippen LogP contribution in [0.15, 0.2) is 23.6 Å². The van der Waals surface area contributed by atoms with Crippen LogP contribution in [0.4, 0.5) is 5.82 Å². The van der Waals surface area contributed by atoms with E-state index in [1.54, 1.807) is 16.8 Å². The summed E-state index contributed by atoms with van der Waals surface area (Å²) in [5, 5.41) is 0.163. The Kier molecular flexibility index (Phi) is 5.17. The Bertz CT molecular complexity index is 1030. The minimum Gasteiger partial charge on any atom is -0.356 e. The maximum Gasteiger partial charge on any atom is 0.262 e. The van der Waals surface area contributed by atoms with E-state index in [1.165, 1.54) is 0 Å². The lowest BCUT2D eigenvalue weighted by Gasteiger charge is -2.23. The molecule has 0 saturated carbocycles. The summed E-state index contributed by atoms with van der Waals surface area (Å²) in [6.45, 7) is 13.2. The molecule has 2 aromatic heterocycles. The van der Waals surface area contributed by atoms with Crippen molar-refractivity contribution in [2.45, 2.75) is 51.0 Å². The van der Waals surface area contributed by atoms with Crippen molar-refractivity contribution < 1.29 is 8.42 Å². The SMILES string of the molecule is CC(C)c1nc(S(=O)(=O)N2CC3CN(c4cc(C(C)(C)C)ncn4)CC3C2)cn1C. The summed E-state index contributed by atoms with van der Waals surface area (Å²) in [7, 11) is -1.71. The molecule has 30 heavy (non-hydrogen) atoms. The number of fused-ring (bicyclic) bond motifs is 1. The van der Waals surface area contributed by atoms with E-state index in [4.69, 9.17) is 0 Å². The summed E-state index contributed by atoms with van der Waals surface area (Å²) < 4.78 is 29.8. The minimum atomic E-state index is -3.57. The van der Waals surface area contributed by atoms with Crippen molar-refractivity contribution in [2.24, 2.45) is 18.9 Å². The van der Waals surface area contributed by atoms with Gasteiger partial charge in [-0.05, 0) is 11.8 Å². The highest BCUT2D eigenvalue weighted by Crippen LogP contribution is 2.36. The van der Waals surface area contributed by atoms with Crippen molar-refractivity contribution in [3.8, 4) is 0 Å². The number of sulfonamides is 1.